The van der Waals surface area contributed by atoms with Crippen LogP contribution in [0.2, 0.25) is 0 Å². The fourth-order valence-electron chi connectivity index (χ4n) is 1.44. The molecule has 0 saturated carbocycles. The Bertz CT molecular complexity index is 677. The molecule has 0 heterocycles. The molecule has 0 saturated heterocycles. The fourth-order valence-corrected chi connectivity index (χ4v) is 2.02. The van der Waals surface area contributed by atoms with Crippen molar-refractivity contribution in [2.75, 3.05) is 26.0 Å². The van der Waals surface area contributed by atoms with Crippen LogP contribution in [0.4, 0.5) is 4.39 Å². The van der Waals surface area contributed by atoms with Crippen molar-refractivity contribution in [1.82, 2.24) is 10.0 Å². The van der Waals surface area contributed by atoms with Crippen LogP contribution < -0.4 is 10.0 Å². The molecule has 0 aliphatic rings. The van der Waals surface area contributed by atoms with Gasteiger partial charge >= 0.3 is 0 Å². The number of aliphatic hydroxyl groups excluding tert-OH is 1. The highest BCUT2D eigenvalue weighted by molar-refractivity contribution is 7.89. The lowest BCUT2D eigenvalue weighted by atomic mass is 10.1. The van der Waals surface area contributed by atoms with Crippen LogP contribution in [0.1, 0.15) is 15.9 Å². The number of carbonyl (C=O) groups excluding carboxylic acids is 1. The number of amides is 1. The summed E-state index contributed by atoms with van der Waals surface area (Å²) in [5.41, 5.74) is 0.234. The predicted octanol–water partition coefficient (Wildman–Crippen LogP) is -0.552. The number of halogens is 1. The van der Waals surface area contributed by atoms with Gasteiger partial charge in [-0.05, 0) is 25.2 Å². The van der Waals surface area contributed by atoms with E-state index in [9.17, 15) is 17.6 Å². The summed E-state index contributed by atoms with van der Waals surface area (Å²) >= 11 is 0. The normalized spacial score (nSPS) is 10.6. The zero-order chi connectivity index (χ0) is 15.9. The van der Waals surface area contributed by atoms with Gasteiger partial charge in [0.25, 0.3) is 5.91 Å². The van der Waals surface area contributed by atoms with Crippen molar-refractivity contribution in [2.24, 2.45) is 0 Å². The van der Waals surface area contributed by atoms with Crippen LogP contribution in [0, 0.1) is 17.7 Å². The van der Waals surface area contributed by atoms with Gasteiger partial charge in [0.15, 0.2) is 0 Å². The Balaban J connectivity index is 2.84. The van der Waals surface area contributed by atoms with Gasteiger partial charge in [-0.2, -0.15) is 0 Å². The zero-order valence-corrected chi connectivity index (χ0v) is 12.1. The van der Waals surface area contributed by atoms with Gasteiger partial charge < -0.3 is 10.4 Å². The largest absolute Gasteiger partial charge is 0.384 e. The Kier molecular flexibility index (Phi) is 6.30. The molecule has 0 aliphatic heterocycles. The molecule has 8 heteroatoms. The van der Waals surface area contributed by atoms with Crippen molar-refractivity contribution in [1.29, 1.82) is 0 Å². The maximum absolute atomic E-state index is 13.2. The molecule has 0 aromatic heterocycles. The monoisotopic (exact) mass is 314 g/mol. The third kappa shape index (κ3) is 5.51. The number of nitrogens with one attached hydrogen (secondary N) is 2. The summed E-state index contributed by atoms with van der Waals surface area (Å²) in [6.45, 7) is -0.510. The number of sulfonamides is 1. The highest BCUT2D eigenvalue weighted by atomic mass is 32.2. The van der Waals surface area contributed by atoms with Crippen molar-refractivity contribution >= 4 is 15.9 Å². The van der Waals surface area contributed by atoms with E-state index in [0.717, 1.165) is 12.1 Å². The van der Waals surface area contributed by atoms with Gasteiger partial charge in [-0.15, -0.1) is 0 Å². The van der Waals surface area contributed by atoms with E-state index in [1.165, 1.54) is 13.1 Å². The quantitative estimate of drug-likeness (QED) is 0.635. The van der Waals surface area contributed by atoms with Crippen molar-refractivity contribution in [3.63, 3.8) is 0 Å². The summed E-state index contributed by atoms with van der Waals surface area (Å²) < 4.78 is 37.7. The molecule has 1 aromatic rings. The van der Waals surface area contributed by atoms with Crippen LogP contribution in [-0.2, 0) is 10.0 Å². The van der Waals surface area contributed by atoms with Crippen molar-refractivity contribution in [3.05, 3.63) is 35.1 Å². The molecular weight excluding hydrogens is 299 g/mol. The Morgan fingerprint density at radius 2 is 2.14 bits per heavy atom. The van der Waals surface area contributed by atoms with E-state index < -0.39 is 28.4 Å². The minimum absolute atomic E-state index is 0.0159. The number of benzene rings is 1. The topological polar surface area (TPSA) is 95.5 Å². The smallest absolute Gasteiger partial charge is 0.252 e. The lowest BCUT2D eigenvalue weighted by molar-refractivity contribution is 0.0955. The Morgan fingerprint density at radius 1 is 1.43 bits per heavy atom. The maximum Gasteiger partial charge on any atom is 0.252 e. The summed E-state index contributed by atoms with van der Waals surface area (Å²) in [7, 11) is -2.16. The first-order valence-corrected chi connectivity index (χ1v) is 7.63. The van der Waals surface area contributed by atoms with E-state index in [-0.39, 0.29) is 23.4 Å². The Morgan fingerprint density at radius 3 is 2.76 bits per heavy atom. The minimum Gasteiger partial charge on any atom is -0.384 e. The number of aliphatic hydroxyl groups is 1. The lowest BCUT2D eigenvalue weighted by Crippen LogP contribution is -2.33. The predicted molar refractivity (Wildman–Crippen MR) is 75.5 cm³/mol. The number of rotatable bonds is 5. The average molecular weight is 314 g/mol. The molecule has 0 aliphatic carbocycles. The first-order chi connectivity index (χ1) is 9.89. The highest BCUT2D eigenvalue weighted by Gasteiger charge is 2.13. The van der Waals surface area contributed by atoms with Crippen LogP contribution in [0.3, 0.4) is 0 Å². The molecule has 0 spiro atoms. The van der Waals surface area contributed by atoms with Crippen LogP contribution in [0.25, 0.3) is 0 Å². The summed E-state index contributed by atoms with van der Waals surface area (Å²) in [6, 6.07) is 3.46. The van der Waals surface area contributed by atoms with Gasteiger partial charge in [-0.25, -0.2) is 17.5 Å². The van der Waals surface area contributed by atoms with Crippen molar-refractivity contribution < 1.29 is 22.7 Å². The fraction of sp³-hybridized carbons (Fsp3) is 0.308. The molecular formula is C13H15FN2O4S. The molecule has 1 aromatic carbocycles. The van der Waals surface area contributed by atoms with Crippen LogP contribution in [-0.4, -0.2) is 45.4 Å². The van der Waals surface area contributed by atoms with Crippen LogP contribution in [0.5, 0.6) is 0 Å². The summed E-state index contributed by atoms with van der Waals surface area (Å²) in [5.74, 6) is 3.36. The summed E-state index contributed by atoms with van der Waals surface area (Å²) in [5, 5.41) is 11.0. The Labute approximate surface area is 122 Å². The molecule has 6 nitrogen and oxygen atoms in total. The van der Waals surface area contributed by atoms with E-state index in [1.807, 2.05) is 0 Å². The first-order valence-electron chi connectivity index (χ1n) is 5.98. The molecule has 0 atom stereocenters. The van der Waals surface area contributed by atoms with E-state index in [2.05, 4.69) is 21.9 Å². The maximum atomic E-state index is 13.2. The number of hydrogen-bond acceptors (Lipinski definition) is 4. The third-order valence-corrected chi connectivity index (χ3v) is 3.86. The van der Waals surface area contributed by atoms with Crippen molar-refractivity contribution in [3.8, 4) is 11.8 Å². The number of carbonyl (C=O) groups is 1. The second-order valence-electron chi connectivity index (χ2n) is 3.93. The van der Waals surface area contributed by atoms with Gasteiger partial charge in [0.2, 0.25) is 10.0 Å². The van der Waals surface area contributed by atoms with Gasteiger partial charge in [-0.1, -0.05) is 11.8 Å². The standard InChI is InChI=1S/C13H15FN2O4S/c1-15-21(19,20)8-6-16-13(18)12-9-11(14)5-4-10(12)3-2-7-17/h4-5,9,15,17H,6-8H2,1H3,(H,16,18). The van der Waals surface area contributed by atoms with Gasteiger partial charge in [-0.3, -0.25) is 4.79 Å². The first kappa shape index (κ1) is 17.1. The van der Waals surface area contributed by atoms with Gasteiger partial charge in [0.1, 0.15) is 12.4 Å². The summed E-state index contributed by atoms with van der Waals surface area (Å²) in [6.07, 6.45) is 0. The molecule has 21 heavy (non-hydrogen) atoms. The number of hydrogen-bond donors (Lipinski definition) is 3. The highest BCUT2D eigenvalue weighted by Crippen LogP contribution is 2.10. The van der Waals surface area contributed by atoms with E-state index in [0.29, 0.717) is 0 Å². The molecule has 3 N–H and O–H groups in total. The van der Waals surface area contributed by atoms with Crippen LogP contribution >= 0.6 is 0 Å². The lowest BCUT2D eigenvalue weighted by Gasteiger charge is -2.07. The molecule has 0 bridgehead atoms. The van der Waals surface area contributed by atoms with E-state index in [4.69, 9.17) is 5.11 Å². The van der Waals surface area contributed by atoms with E-state index >= 15 is 0 Å². The molecule has 0 fully saturated rings. The minimum atomic E-state index is -3.43. The Hall–Kier alpha value is -1.95. The molecule has 0 unspecified atom stereocenters. The second-order valence-corrected chi connectivity index (χ2v) is 5.97. The van der Waals surface area contributed by atoms with E-state index in [1.54, 1.807) is 0 Å². The van der Waals surface area contributed by atoms with Crippen LogP contribution in [0.15, 0.2) is 18.2 Å². The SMILES string of the molecule is CNS(=O)(=O)CCNC(=O)c1cc(F)ccc1C#CCO. The molecule has 114 valence electrons. The molecule has 1 rings (SSSR count). The second kappa shape index (κ2) is 7.73. The van der Waals surface area contributed by atoms with Gasteiger partial charge in [0.05, 0.1) is 11.3 Å². The average Bonchev–Trinajstić information content (AvgIpc) is 2.45. The molecule has 1 amide bonds. The summed E-state index contributed by atoms with van der Waals surface area (Å²) in [4.78, 5) is 11.9. The van der Waals surface area contributed by atoms with Crippen molar-refractivity contribution in [2.45, 2.75) is 0 Å². The third-order valence-electron chi connectivity index (χ3n) is 2.50. The zero-order valence-electron chi connectivity index (χ0n) is 11.3. The van der Waals surface area contributed by atoms with Gasteiger partial charge in [0, 0.05) is 12.1 Å². The molecule has 0 radical (unpaired) electrons.